The summed E-state index contributed by atoms with van der Waals surface area (Å²) in [5.74, 6) is 0.521. The highest BCUT2D eigenvalue weighted by Crippen LogP contribution is 2.34. The number of amides is 1. The maximum absolute atomic E-state index is 12.7. The average molecular weight is 356 g/mol. The Morgan fingerprint density at radius 3 is 2.80 bits per heavy atom. The number of hydrogen-bond donors (Lipinski definition) is 1. The molecule has 0 spiro atoms. The third-order valence-corrected chi connectivity index (χ3v) is 5.75. The summed E-state index contributed by atoms with van der Waals surface area (Å²) in [4.78, 5) is 19.5. The Morgan fingerprint density at radius 1 is 1.24 bits per heavy atom. The number of halogens is 1. The smallest absolute Gasteiger partial charge is 0.251 e. The molecule has 2 bridgehead atoms. The van der Waals surface area contributed by atoms with Crippen LogP contribution >= 0.6 is 11.6 Å². The highest BCUT2D eigenvalue weighted by atomic mass is 35.5. The van der Waals surface area contributed by atoms with Crippen molar-refractivity contribution in [3.8, 4) is 0 Å². The number of piperidine rings is 3. The molecule has 4 heterocycles. The molecular weight excluding hydrogens is 334 g/mol. The Labute approximate surface area is 153 Å². The summed E-state index contributed by atoms with van der Waals surface area (Å²) in [7, 11) is 0. The Hall–Kier alpha value is -1.91. The number of carbonyl (C=O) groups is 1. The van der Waals surface area contributed by atoms with E-state index in [1.54, 1.807) is 18.3 Å². The van der Waals surface area contributed by atoms with Crippen molar-refractivity contribution in [2.45, 2.75) is 31.3 Å². The molecule has 5 rings (SSSR count). The molecule has 3 saturated heterocycles. The van der Waals surface area contributed by atoms with Crippen LogP contribution in [0.3, 0.4) is 0 Å². The molecule has 2 aromatic rings. The molecule has 3 aliphatic rings. The van der Waals surface area contributed by atoms with E-state index in [2.05, 4.69) is 21.3 Å². The van der Waals surface area contributed by atoms with E-state index < -0.39 is 0 Å². The summed E-state index contributed by atoms with van der Waals surface area (Å²) in [6.07, 6.45) is 6.97. The summed E-state index contributed by atoms with van der Waals surface area (Å²) >= 11 is 6.04. The molecule has 1 N–H and O–H groups in total. The lowest BCUT2D eigenvalue weighted by molar-refractivity contribution is 0.0136. The third kappa shape index (κ3) is 3.55. The molecule has 3 fully saturated rings. The molecule has 1 amide bonds. The van der Waals surface area contributed by atoms with Gasteiger partial charge in [-0.1, -0.05) is 23.7 Å². The largest absolute Gasteiger partial charge is 0.347 e. The van der Waals surface area contributed by atoms with Gasteiger partial charge in [0, 0.05) is 35.1 Å². The number of nitrogens with zero attached hydrogens (tertiary/aromatic N) is 2. The maximum Gasteiger partial charge on any atom is 0.251 e. The van der Waals surface area contributed by atoms with Gasteiger partial charge in [0.1, 0.15) is 0 Å². The van der Waals surface area contributed by atoms with Crippen LogP contribution < -0.4 is 5.32 Å². The molecule has 25 heavy (non-hydrogen) atoms. The number of aromatic nitrogens is 1. The van der Waals surface area contributed by atoms with Crippen LogP contribution in [0.1, 0.15) is 28.8 Å². The van der Waals surface area contributed by atoms with Gasteiger partial charge < -0.3 is 5.32 Å². The normalized spacial score (nSPS) is 27.9. The van der Waals surface area contributed by atoms with E-state index in [1.165, 1.54) is 5.56 Å². The van der Waals surface area contributed by atoms with Gasteiger partial charge in [0.15, 0.2) is 0 Å². The molecule has 3 aliphatic heterocycles. The van der Waals surface area contributed by atoms with Crippen molar-refractivity contribution in [1.29, 1.82) is 0 Å². The van der Waals surface area contributed by atoms with Crippen molar-refractivity contribution in [2.75, 3.05) is 13.1 Å². The number of benzene rings is 1. The number of hydrogen-bond acceptors (Lipinski definition) is 3. The topological polar surface area (TPSA) is 45.2 Å². The lowest BCUT2D eigenvalue weighted by Crippen LogP contribution is -2.64. The fourth-order valence-electron chi connectivity index (χ4n) is 4.25. The first-order chi connectivity index (χ1) is 12.2. The minimum absolute atomic E-state index is 0.0302. The summed E-state index contributed by atoms with van der Waals surface area (Å²) in [6, 6.07) is 11.8. The highest BCUT2D eigenvalue weighted by molar-refractivity contribution is 6.30. The lowest BCUT2D eigenvalue weighted by Gasteiger charge is -2.51. The fourth-order valence-corrected chi connectivity index (χ4v) is 4.44. The van der Waals surface area contributed by atoms with Crippen molar-refractivity contribution >= 4 is 17.5 Å². The van der Waals surface area contributed by atoms with Crippen molar-refractivity contribution in [3.63, 3.8) is 0 Å². The van der Waals surface area contributed by atoms with Crippen LogP contribution in [0.4, 0.5) is 0 Å². The first-order valence-corrected chi connectivity index (χ1v) is 9.28. The fraction of sp³-hybridized carbons (Fsp3) is 0.400. The molecule has 0 aliphatic carbocycles. The van der Waals surface area contributed by atoms with Gasteiger partial charge in [-0.25, -0.2) is 0 Å². The maximum atomic E-state index is 12.7. The minimum Gasteiger partial charge on any atom is -0.347 e. The molecular formula is C20H22ClN3O. The standard InChI is InChI=1S/C20H22ClN3O/c21-17-5-1-4-16(12-17)20(25)23-19-15-6-9-24(10-7-15)18(19)11-14-3-2-8-22-13-14/h1-5,8,12-13,15,18-19H,6-7,9-11H2,(H,23,25). The van der Waals surface area contributed by atoms with Gasteiger partial charge in [0.25, 0.3) is 5.91 Å². The monoisotopic (exact) mass is 355 g/mol. The van der Waals surface area contributed by atoms with Gasteiger partial charge in [-0.3, -0.25) is 14.7 Å². The Kier molecular flexibility index (Phi) is 4.73. The molecule has 130 valence electrons. The summed E-state index contributed by atoms with van der Waals surface area (Å²) in [6.45, 7) is 2.25. The van der Waals surface area contributed by atoms with E-state index in [0.29, 0.717) is 22.5 Å². The Bertz CT molecular complexity index is 744. The first kappa shape index (κ1) is 16.6. The molecule has 2 unspecified atom stereocenters. The number of fused-ring (bicyclic) bond motifs is 3. The quantitative estimate of drug-likeness (QED) is 0.916. The van der Waals surface area contributed by atoms with Gasteiger partial charge in [-0.05, 0) is 68.1 Å². The van der Waals surface area contributed by atoms with E-state index in [4.69, 9.17) is 11.6 Å². The summed E-state index contributed by atoms with van der Waals surface area (Å²) in [5, 5.41) is 3.90. The predicted octanol–water partition coefficient (Wildman–Crippen LogP) is 3.17. The van der Waals surface area contributed by atoms with Crippen LogP contribution in [-0.2, 0) is 6.42 Å². The number of rotatable bonds is 4. The van der Waals surface area contributed by atoms with E-state index in [1.807, 2.05) is 24.4 Å². The first-order valence-electron chi connectivity index (χ1n) is 8.90. The van der Waals surface area contributed by atoms with Gasteiger partial charge >= 0.3 is 0 Å². The van der Waals surface area contributed by atoms with Crippen molar-refractivity contribution in [3.05, 3.63) is 64.9 Å². The Morgan fingerprint density at radius 2 is 2.08 bits per heavy atom. The highest BCUT2D eigenvalue weighted by Gasteiger charge is 2.42. The van der Waals surface area contributed by atoms with E-state index in [0.717, 1.165) is 32.4 Å². The molecule has 1 aromatic carbocycles. The van der Waals surface area contributed by atoms with Crippen molar-refractivity contribution in [1.82, 2.24) is 15.2 Å². The van der Waals surface area contributed by atoms with Crippen LogP contribution in [-0.4, -0.2) is 41.0 Å². The van der Waals surface area contributed by atoms with Gasteiger partial charge in [-0.2, -0.15) is 0 Å². The van der Waals surface area contributed by atoms with Crippen molar-refractivity contribution < 1.29 is 4.79 Å². The molecule has 0 saturated carbocycles. The van der Waals surface area contributed by atoms with E-state index in [9.17, 15) is 4.79 Å². The minimum atomic E-state index is -0.0302. The second-order valence-electron chi connectivity index (χ2n) is 7.02. The summed E-state index contributed by atoms with van der Waals surface area (Å²) in [5.41, 5.74) is 1.85. The summed E-state index contributed by atoms with van der Waals surface area (Å²) < 4.78 is 0. The van der Waals surface area contributed by atoms with E-state index in [-0.39, 0.29) is 11.9 Å². The molecule has 4 nitrogen and oxygen atoms in total. The number of pyridine rings is 1. The second-order valence-corrected chi connectivity index (χ2v) is 7.45. The van der Waals surface area contributed by atoms with Crippen LogP contribution in [0.15, 0.2) is 48.8 Å². The Balaban J connectivity index is 1.54. The molecule has 5 heteroatoms. The van der Waals surface area contributed by atoms with Gasteiger partial charge in [0.05, 0.1) is 0 Å². The second kappa shape index (κ2) is 7.14. The lowest BCUT2D eigenvalue weighted by atomic mass is 9.76. The van der Waals surface area contributed by atoms with E-state index >= 15 is 0 Å². The van der Waals surface area contributed by atoms with Gasteiger partial charge in [-0.15, -0.1) is 0 Å². The number of carbonyl (C=O) groups excluding carboxylic acids is 1. The van der Waals surface area contributed by atoms with Crippen LogP contribution in [0.2, 0.25) is 5.02 Å². The zero-order valence-corrected chi connectivity index (χ0v) is 14.8. The average Bonchev–Trinajstić information content (AvgIpc) is 2.65. The SMILES string of the molecule is O=C(NC1C2CCN(CC2)C1Cc1cccnc1)c1cccc(Cl)c1. The zero-order chi connectivity index (χ0) is 17.2. The molecule has 1 aromatic heterocycles. The zero-order valence-electron chi connectivity index (χ0n) is 14.1. The third-order valence-electron chi connectivity index (χ3n) is 5.52. The predicted molar refractivity (Wildman–Crippen MR) is 98.7 cm³/mol. The van der Waals surface area contributed by atoms with Crippen molar-refractivity contribution in [2.24, 2.45) is 5.92 Å². The molecule has 2 atom stereocenters. The number of nitrogens with one attached hydrogen (secondary N) is 1. The van der Waals surface area contributed by atoms with Crippen LogP contribution in [0.5, 0.6) is 0 Å². The van der Waals surface area contributed by atoms with Gasteiger partial charge in [0.2, 0.25) is 0 Å². The molecule has 0 radical (unpaired) electrons. The van der Waals surface area contributed by atoms with Crippen LogP contribution in [0, 0.1) is 5.92 Å². The van der Waals surface area contributed by atoms with Crippen LogP contribution in [0.25, 0.3) is 0 Å².